The Hall–Kier alpha value is -3.35. The van der Waals surface area contributed by atoms with E-state index in [-0.39, 0.29) is 12.4 Å². The standard InChI is InChI=1S/C20H21NO6/c1-3-25-17-9-7-16(8-10-17)21-19(23)12-27-20(24)13-26-18-6-4-5-15(11-18)14(2)22/h4-11H,3,12-13H2,1-2H3,(H,21,23). The number of amides is 1. The summed E-state index contributed by atoms with van der Waals surface area (Å²) in [4.78, 5) is 34.8. The van der Waals surface area contributed by atoms with Gasteiger partial charge in [-0.05, 0) is 50.2 Å². The normalized spacial score (nSPS) is 10.0. The summed E-state index contributed by atoms with van der Waals surface area (Å²) in [6.07, 6.45) is 0. The van der Waals surface area contributed by atoms with Crippen molar-refractivity contribution in [3.05, 3.63) is 54.1 Å². The zero-order valence-corrected chi connectivity index (χ0v) is 15.2. The third-order valence-corrected chi connectivity index (χ3v) is 3.41. The maximum Gasteiger partial charge on any atom is 0.344 e. The molecule has 2 rings (SSSR count). The zero-order valence-electron chi connectivity index (χ0n) is 15.2. The summed E-state index contributed by atoms with van der Waals surface area (Å²) in [5.74, 6) is -0.184. The number of ether oxygens (including phenoxy) is 3. The van der Waals surface area contributed by atoms with Gasteiger partial charge >= 0.3 is 5.97 Å². The fourth-order valence-electron chi connectivity index (χ4n) is 2.13. The summed E-state index contributed by atoms with van der Waals surface area (Å²) in [6.45, 7) is 3.09. The molecule has 7 nitrogen and oxygen atoms in total. The lowest BCUT2D eigenvalue weighted by molar-refractivity contribution is -0.149. The Morgan fingerprint density at radius 2 is 1.67 bits per heavy atom. The molecule has 27 heavy (non-hydrogen) atoms. The minimum Gasteiger partial charge on any atom is -0.494 e. The predicted octanol–water partition coefficient (Wildman–Crippen LogP) is 2.85. The fraction of sp³-hybridized carbons (Fsp3) is 0.250. The molecule has 0 saturated carbocycles. The third-order valence-electron chi connectivity index (χ3n) is 3.41. The quantitative estimate of drug-likeness (QED) is 0.538. The second-order valence-corrected chi connectivity index (χ2v) is 5.54. The molecule has 0 unspecified atom stereocenters. The minimum atomic E-state index is -0.690. The number of rotatable bonds is 9. The van der Waals surface area contributed by atoms with E-state index in [2.05, 4.69) is 5.32 Å². The van der Waals surface area contributed by atoms with Crippen LogP contribution in [0.1, 0.15) is 24.2 Å². The van der Waals surface area contributed by atoms with Gasteiger partial charge in [0, 0.05) is 11.3 Å². The number of carbonyl (C=O) groups is 3. The summed E-state index contributed by atoms with van der Waals surface area (Å²) >= 11 is 0. The van der Waals surface area contributed by atoms with Gasteiger partial charge in [0.15, 0.2) is 19.0 Å². The molecule has 0 bridgehead atoms. The first-order chi connectivity index (χ1) is 13.0. The molecule has 0 aliphatic rings. The number of esters is 1. The van der Waals surface area contributed by atoms with Crippen molar-refractivity contribution in [3.8, 4) is 11.5 Å². The van der Waals surface area contributed by atoms with Gasteiger partial charge in [-0.2, -0.15) is 0 Å². The Labute approximate surface area is 157 Å². The van der Waals surface area contributed by atoms with Gasteiger partial charge in [-0.25, -0.2) is 4.79 Å². The van der Waals surface area contributed by atoms with E-state index in [9.17, 15) is 14.4 Å². The van der Waals surface area contributed by atoms with Crippen molar-refractivity contribution in [2.75, 3.05) is 25.1 Å². The van der Waals surface area contributed by atoms with Crippen LogP contribution in [0.25, 0.3) is 0 Å². The molecule has 7 heteroatoms. The van der Waals surface area contributed by atoms with Crippen molar-refractivity contribution in [3.63, 3.8) is 0 Å². The van der Waals surface area contributed by atoms with Crippen molar-refractivity contribution in [1.29, 1.82) is 0 Å². The molecule has 0 spiro atoms. The van der Waals surface area contributed by atoms with Gasteiger partial charge < -0.3 is 19.5 Å². The van der Waals surface area contributed by atoms with Gasteiger partial charge in [0.1, 0.15) is 11.5 Å². The van der Waals surface area contributed by atoms with E-state index in [1.165, 1.54) is 13.0 Å². The number of ketones is 1. The molecule has 0 heterocycles. The van der Waals surface area contributed by atoms with Gasteiger partial charge in [-0.1, -0.05) is 12.1 Å². The van der Waals surface area contributed by atoms with Gasteiger partial charge in [-0.15, -0.1) is 0 Å². The molecule has 0 radical (unpaired) electrons. The molecular formula is C20H21NO6. The van der Waals surface area contributed by atoms with Crippen LogP contribution in [0.15, 0.2) is 48.5 Å². The van der Waals surface area contributed by atoms with Crippen LogP contribution >= 0.6 is 0 Å². The molecule has 0 saturated heterocycles. The predicted molar refractivity (Wildman–Crippen MR) is 99.1 cm³/mol. The van der Waals surface area contributed by atoms with E-state index in [1.54, 1.807) is 42.5 Å². The highest BCUT2D eigenvalue weighted by atomic mass is 16.6. The van der Waals surface area contributed by atoms with Crippen LogP contribution in [0.3, 0.4) is 0 Å². The van der Waals surface area contributed by atoms with Crippen molar-refractivity contribution >= 4 is 23.3 Å². The van der Waals surface area contributed by atoms with Crippen molar-refractivity contribution in [2.45, 2.75) is 13.8 Å². The van der Waals surface area contributed by atoms with E-state index >= 15 is 0 Å². The Bertz CT molecular complexity index is 800. The average Bonchev–Trinajstić information content (AvgIpc) is 2.66. The zero-order chi connectivity index (χ0) is 19.6. The Morgan fingerprint density at radius 1 is 0.926 bits per heavy atom. The van der Waals surface area contributed by atoms with Crippen LogP contribution in [0.5, 0.6) is 11.5 Å². The number of carbonyl (C=O) groups excluding carboxylic acids is 3. The maximum absolute atomic E-state index is 11.8. The monoisotopic (exact) mass is 371 g/mol. The number of hydrogen-bond donors (Lipinski definition) is 1. The first-order valence-corrected chi connectivity index (χ1v) is 8.40. The summed E-state index contributed by atoms with van der Waals surface area (Å²) in [5, 5.41) is 2.61. The number of benzene rings is 2. The van der Waals surface area contributed by atoms with Gasteiger partial charge in [0.25, 0.3) is 5.91 Å². The van der Waals surface area contributed by atoms with Gasteiger partial charge in [0.05, 0.1) is 6.61 Å². The molecule has 0 aromatic heterocycles. The van der Waals surface area contributed by atoms with Crippen molar-refractivity contribution in [2.24, 2.45) is 0 Å². The highest BCUT2D eigenvalue weighted by Crippen LogP contribution is 2.16. The Balaban J connectivity index is 1.73. The third kappa shape index (κ3) is 6.81. The number of hydrogen-bond acceptors (Lipinski definition) is 6. The molecule has 142 valence electrons. The largest absolute Gasteiger partial charge is 0.494 e. The maximum atomic E-state index is 11.8. The van der Waals surface area contributed by atoms with Crippen LogP contribution in [-0.2, 0) is 14.3 Å². The molecule has 1 amide bonds. The Kier molecular flexibility index (Phi) is 7.37. The smallest absolute Gasteiger partial charge is 0.344 e. The van der Waals surface area contributed by atoms with E-state index in [1.807, 2.05) is 6.92 Å². The highest BCUT2D eigenvalue weighted by molar-refractivity contribution is 5.94. The van der Waals surface area contributed by atoms with Gasteiger partial charge in [-0.3, -0.25) is 9.59 Å². The topological polar surface area (TPSA) is 90.9 Å². The second kappa shape index (κ2) is 9.96. The van der Waals surface area contributed by atoms with E-state index in [0.29, 0.717) is 29.4 Å². The van der Waals surface area contributed by atoms with Crippen molar-refractivity contribution < 1.29 is 28.6 Å². The summed E-state index contributed by atoms with van der Waals surface area (Å²) < 4.78 is 15.5. The fourth-order valence-corrected chi connectivity index (χ4v) is 2.13. The van der Waals surface area contributed by atoms with Crippen LogP contribution in [0.2, 0.25) is 0 Å². The van der Waals surface area contributed by atoms with E-state index in [0.717, 1.165) is 0 Å². The Morgan fingerprint density at radius 3 is 2.33 bits per heavy atom. The molecule has 2 aromatic rings. The molecule has 0 aliphatic heterocycles. The molecule has 0 atom stereocenters. The highest BCUT2D eigenvalue weighted by Gasteiger charge is 2.10. The lowest BCUT2D eigenvalue weighted by atomic mass is 10.1. The summed E-state index contributed by atoms with van der Waals surface area (Å²) in [7, 11) is 0. The SMILES string of the molecule is CCOc1ccc(NC(=O)COC(=O)COc2cccc(C(C)=O)c2)cc1. The van der Waals surface area contributed by atoms with Crippen LogP contribution in [-0.4, -0.2) is 37.5 Å². The van der Waals surface area contributed by atoms with Crippen LogP contribution in [0.4, 0.5) is 5.69 Å². The number of nitrogens with one attached hydrogen (secondary N) is 1. The van der Waals surface area contributed by atoms with Crippen LogP contribution in [0, 0.1) is 0 Å². The summed E-state index contributed by atoms with van der Waals surface area (Å²) in [5.41, 5.74) is 1.05. The summed E-state index contributed by atoms with van der Waals surface area (Å²) in [6, 6.07) is 13.3. The number of Topliss-reactive ketones (excluding diaryl/α,β-unsaturated/α-hetero) is 1. The molecular weight excluding hydrogens is 350 g/mol. The first-order valence-electron chi connectivity index (χ1n) is 8.40. The molecule has 1 N–H and O–H groups in total. The molecule has 2 aromatic carbocycles. The lowest BCUT2D eigenvalue weighted by Gasteiger charge is -2.09. The average molecular weight is 371 g/mol. The minimum absolute atomic E-state index is 0.103. The second-order valence-electron chi connectivity index (χ2n) is 5.54. The molecule has 0 aliphatic carbocycles. The lowest BCUT2D eigenvalue weighted by Crippen LogP contribution is -2.23. The number of anilines is 1. The van der Waals surface area contributed by atoms with E-state index in [4.69, 9.17) is 14.2 Å². The van der Waals surface area contributed by atoms with Gasteiger partial charge in [0.2, 0.25) is 0 Å². The van der Waals surface area contributed by atoms with Crippen LogP contribution < -0.4 is 14.8 Å². The van der Waals surface area contributed by atoms with Crippen molar-refractivity contribution in [1.82, 2.24) is 0 Å². The first kappa shape index (κ1) is 20.0. The molecule has 0 fully saturated rings. The van der Waals surface area contributed by atoms with E-state index < -0.39 is 18.5 Å².